The van der Waals surface area contributed by atoms with Crippen molar-refractivity contribution in [1.29, 1.82) is 0 Å². The molecule has 1 aliphatic heterocycles. The highest BCUT2D eigenvalue weighted by molar-refractivity contribution is 7.99. The Kier molecular flexibility index (Phi) is 4.34. The molecule has 22 heavy (non-hydrogen) atoms. The maximum Gasteiger partial charge on any atom is 0.319 e. The number of thioether (sulfide) groups is 1. The molecule has 0 bridgehead atoms. The van der Waals surface area contributed by atoms with Crippen molar-refractivity contribution in [3.05, 3.63) is 59.4 Å². The maximum absolute atomic E-state index is 13.5. The van der Waals surface area contributed by atoms with Gasteiger partial charge < -0.3 is 10.6 Å². The van der Waals surface area contributed by atoms with Crippen LogP contribution in [-0.4, -0.2) is 11.8 Å². The van der Waals surface area contributed by atoms with Gasteiger partial charge in [0.2, 0.25) is 0 Å². The molecule has 0 saturated carbocycles. The van der Waals surface area contributed by atoms with Gasteiger partial charge in [-0.2, -0.15) is 0 Å². The average Bonchev–Trinajstić information content (AvgIpc) is 2.48. The minimum atomic E-state index is -0.271. The molecular formula is C17H17FN2OS. The van der Waals surface area contributed by atoms with Gasteiger partial charge >= 0.3 is 6.03 Å². The molecule has 2 aromatic rings. The Morgan fingerprint density at radius 3 is 2.95 bits per heavy atom. The Bertz CT molecular complexity index is 705. The molecule has 0 aliphatic carbocycles. The molecule has 2 amide bonds. The van der Waals surface area contributed by atoms with E-state index in [0.29, 0.717) is 0 Å². The Labute approximate surface area is 133 Å². The van der Waals surface area contributed by atoms with Crippen LogP contribution >= 0.6 is 11.8 Å². The number of carbonyl (C=O) groups excluding carboxylic acids is 1. The van der Waals surface area contributed by atoms with E-state index in [0.717, 1.165) is 33.9 Å². The van der Waals surface area contributed by atoms with Crippen LogP contribution in [-0.2, 0) is 0 Å². The highest BCUT2D eigenvalue weighted by atomic mass is 32.2. The van der Waals surface area contributed by atoms with Crippen LogP contribution in [0, 0.1) is 12.7 Å². The van der Waals surface area contributed by atoms with Gasteiger partial charge in [-0.1, -0.05) is 12.1 Å². The van der Waals surface area contributed by atoms with Gasteiger partial charge in [0.25, 0.3) is 0 Å². The summed E-state index contributed by atoms with van der Waals surface area (Å²) in [6.07, 6.45) is 0.794. The zero-order valence-electron chi connectivity index (χ0n) is 12.2. The third-order valence-electron chi connectivity index (χ3n) is 3.59. The number of carbonyl (C=O) groups is 1. The van der Waals surface area contributed by atoms with Crippen LogP contribution in [0.15, 0.2) is 47.4 Å². The fraction of sp³-hybridized carbons (Fsp3) is 0.235. The van der Waals surface area contributed by atoms with Gasteiger partial charge in [0.1, 0.15) is 5.82 Å². The van der Waals surface area contributed by atoms with E-state index in [2.05, 4.69) is 10.6 Å². The standard InChI is InChI=1S/C17H17FN2OS/c1-11-3-2-4-13(9-11)19-17(21)20-15-7-8-22-16-6-5-12(18)10-14(15)16/h2-6,9-10,15H,7-8H2,1H3,(H2,19,20,21)/t15-/m1/s1. The van der Waals surface area contributed by atoms with Crippen LogP contribution in [0.3, 0.4) is 0 Å². The van der Waals surface area contributed by atoms with Crippen molar-refractivity contribution in [3.63, 3.8) is 0 Å². The molecule has 114 valence electrons. The van der Waals surface area contributed by atoms with Gasteiger partial charge in [0.15, 0.2) is 0 Å². The smallest absolute Gasteiger partial charge is 0.319 e. The molecule has 0 fully saturated rings. The number of aryl methyl sites for hydroxylation is 1. The van der Waals surface area contributed by atoms with Crippen LogP contribution < -0.4 is 10.6 Å². The Morgan fingerprint density at radius 2 is 2.14 bits per heavy atom. The van der Waals surface area contributed by atoms with Crippen molar-refractivity contribution < 1.29 is 9.18 Å². The summed E-state index contributed by atoms with van der Waals surface area (Å²) in [4.78, 5) is 13.2. The van der Waals surface area contributed by atoms with Gasteiger partial charge in [-0.25, -0.2) is 9.18 Å². The predicted octanol–water partition coefficient (Wildman–Crippen LogP) is 4.49. The fourth-order valence-corrected chi connectivity index (χ4v) is 3.67. The fourth-order valence-electron chi connectivity index (χ4n) is 2.56. The summed E-state index contributed by atoms with van der Waals surface area (Å²) in [7, 11) is 0. The molecule has 0 saturated heterocycles. The van der Waals surface area contributed by atoms with Crippen LogP contribution in [0.25, 0.3) is 0 Å². The van der Waals surface area contributed by atoms with Crippen molar-refractivity contribution in [3.8, 4) is 0 Å². The summed E-state index contributed by atoms with van der Waals surface area (Å²) < 4.78 is 13.5. The van der Waals surface area contributed by atoms with Crippen LogP contribution in [0.2, 0.25) is 0 Å². The van der Waals surface area contributed by atoms with E-state index in [1.165, 1.54) is 12.1 Å². The largest absolute Gasteiger partial charge is 0.331 e. The zero-order valence-corrected chi connectivity index (χ0v) is 13.0. The molecule has 1 heterocycles. The number of nitrogens with one attached hydrogen (secondary N) is 2. The summed E-state index contributed by atoms with van der Waals surface area (Å²) in [6.45, 7) is 1.97. The third-order valence-corrected chi connectivity index (χ3v) is 4.72. The molecule has 0 radical (unpaired) electrons. The first kappa shape index (κ1) is 14.9. The number of benzene rings is 2. The summed E-state index contributed by atoms with van der Waals surface area (Å²) in [5.74, 6) is 0.640. The second-order valence-corrected chi connectivity index (χ2v) is 6.48. The summed E-state index contributed by atoms with van der Waals surface area (Å²) in [5.41, 5.74) is 2.69. The summed E-state index contributed by atoms with van der Waals surface area (Å²) in [6, 6.07) is 11.9. The number of hydrogen-bond donors (Lipinski definition) is 2. The second-order valence-electron chi connectivity index (χ2n) is 5.34. The number of halogens is 1. The lowest BCUT2D eigenvalue weighted by Gasteiger charge is -2.26. The number of amides is 2. The quantitative estimate of drug-likeness (QED) is 0.857. The van der Waals surface area contributed by atoms with E-state index in [9.17, 15) is 9.18 Å². The first-order valence-corrected chi connectivity index (χ1v) is 8.17. The van der Waals surface area contributed by atoms with E-state index >= 15 is 0 Å². The molecule has 0 spiro atoms. The van der Waals surface area contributed by atoms with Crippen LogP contribution in [0.1, 0.15) is 23.6 Å². The first-order valence-electron chi connectivity index (χ1n) is 7.18. The molecule has 3 nitrogen and oxygen atoms in total. The number of rotatable bonds is 2. The Hall–Kier alpha value is -2.01. The lowest BCUT2D eigenvalue weighted by atomic mass is 10.0. The second kappa shape index (κ2) is 6.40. The van der Waals surface area contributed by atoms with E-state index in [4.69, 9.17) is 0 Å². The average molecular weight is 316 g/mol. The minimum Gasteiger partial charge on any atom is -0.331 e. The highest BCUT2D eigenvalue weighted by Crippen LogP contribution is 2.36. The molecule has 0 aromatic heterocycles. The van der Waals surface area contributed by atoms with Crippen molar-refractivity contribution in [2.45, 2.75) is 24.3 Å². The predicted molar refractivity (Wildman–Crippen MR) is 87.8 cm³/mol. The SMILES string of the molecule is Cc1cccc(NC(=O)N[C@@H]2CCSc3ccc(F)cc32)c1. The lowest BCUT2D eigenvalue weighted by molar-refractivity contribution is 0.248. The van der Waals surface area contributed by atoms with Gasteiger partial charge in [0, 0.05) is 16.3 Å². The van der Waals surface area contributed by atoms with Crippen molar-refractivity contribution >= 4 is 23.5 Å². The summed E-state index contributed by atoms with van der Waals surface area (Å²) in [5, 5.41) is 5.77. The van der Waals surface area contributed by atoms with Crippen LogP contribution in [0.4, 0.5) is 14.9 Å². The summed E-state index contributed by atoms with van der Waals surface area (Å²) >= 11 is 1.70. The monoisotopic (exact) mass is 316 g/mol. The Morgan fingerprint density at radius 1 is 1.27 bits per heavy atom. The minimum absolute atomic E-state index is 0.156. The van der Waals surface area contributed by atoms with E-state index in [1.54, 1.807) is 17.8 Å². The molecule has 2 aromatic carbocycles. The topological polar surface area (TPSA) is 41.1 Å². The van der Waals surface area contributed by atoms with Crippen molar-refractivity contribution in [1.82, 2.24) is 5.32 Å². The molecule has 5 heteroatoms. The number of fused-ring (bicyclic) bond motifs is 1. The highest BCUT2D eigenvalue weighted by Gasteiger charge is 2.22. The van der Waals surface area contributed by atoms with E-state index in [1.807, 2.05) is 31.2 Å². The normalized spacial score (nSPS) is 16.7. The first-order chi connectivity index (χ1) is 10.6. The molecular weight excluding hydrogens is 299 g/mol. The van der Waals surface area contributed by atoms with Gasteiger partial charge in [-0.15, -0.1) is 11.8 Å². The molecule has 1 atom stereocenters. The van der Waals surface area contributed by atoms with Crippen molar-refractivity contribution in [2.75, 3.05) is 11.1 Å². The van der Waals surface area contributed by atoms with Gasteiger partial charge in [-0.05, 0) is 54.8 Å². The molecule has 0 unspecified atom stereocenters. The van der Waals surface area contributed by atoms with E-state index < -0.39 is 0 Å². The molecule has 1 aliphatic rings. The third kappa shape index (κ3) is 3.42. The van der Waals surface area contributed by atoms with E-state index in [-0.39, 0.29) is 17.9 Å². The Balaban J connectivity index is 1.71. The lowest BCUT2D eigenvalue weighted by Crippen LogP contribution is -2.34. The zero-order chi connectivity index (χ0) is 15.5. The maximum atomic E-state index is 13.5. The van der Waals surface area contributed by atoms with Gasteiger partial charge in [-0.3, -0.25) is 0 Å². The van der Waals surface area contributed by atoms with Crippen LogP contribution in [0.5, 0.6) is 0 Å². The number of anilines is 1. The molecule has 2 N–H and O–H groups in total. The van der Waals surface area contributed by atoms with Crippen molar-refractivity contribution in [2.24, 2.45) is 0 Å². The number of hydrogen-bond acceptors (Lipinski definition) is 2. The number of urea groups is 1. The molecule has 3 rings (SSSR count). The van der Waals surface area contributed by atoms with Gasteiger partial charge in [0.05, 0.1) is 6.04 Å².